The topological polar surface area (TPSA) is 75.4 Å². The van der Waals surface area contributed by atoms with Crippen LogP contribution in [0.5, 0.6) is 0 Å². The van der Waals surface area contributed by atoms with Crippen LogP contribution in [0.15, 0.2) is 10.6 Å². The lowest BCUT2D eigenvalue weighted by atomic mass is 10.1. The standard InChI is InChI=1S/C11H16N2O3/c1-7(4-8-2-3-8)12-6-9-5-10(11(14)15)13-16-9/h5,7-8,12H,2-4,6H2,1H3,(H,14,15). The smallest absolute Gasteiger partial charge is 0.358 e. The number of hydrogen-bond acceptors (Lipinski definition) is 4. The van der Waals surface area contributed by atoms with E-state index in [0.717, 1.165) is 5.92 Å². The van der Waals surface area contributed by atoms with Crippen LogP contribution in [0, 0.1) is 5.92 Å². The van der Waals surface area contributed by atoms with Gasteiger partial charge in [-0.15, -0.1) is 0 Å². The van der Waals surface area contributed by atoms with Crippen LogP contribution in [0.1, 0.15) is 42.4 Å². The minimum absolute atomic E-state index is 0.0355. The van der Waals surface area contributed by atoms with Crippen molar-refractivity contribution >= 4 is 5.97 Å². The second-order valence-electron chi connectivity index (χ2n) is 4.44. The predicted molar refractivity (Wildman–Crippen MR) is 57.1 cm³/mol. The van der Waals surface area contributed by atoms with Gasteiger partial charge >= 0.3 is 5.97 Å². The molecule has 1 unspecified atom stereocenters. The second-order valence-corrected chi connectivity index (χ2v) is 4.44. The van der Waals surface area contributed by atoms with E-state index in [1.54, 1.807) is 0 Å². The molecule has 0 radical (unpaired) electrons. The van der Waals surface area contributed by atoms with Crippen molar-refractivity contribution in [3.8, 4) is 0 Å². The SMILES string of the molecule is CC(CC1CC1)NCc1cc(C(=O)O)no1. The van der Waals surface area contributed by atoms with E-state index >= 15 is 0 Å². The van der Waals surface area contributed by atoms with Gasteiger partial charge in [-0.2, -0.15) is 0 Å². The summed E-state index contributed by atoms with van der Waals surface area (Å²) in [7, 11) is 0. The number of aromatic carboxylic acids is 1. The van der Waals surface area contributed by atoms with Crippen molar-refractivity contribution in [3.05, 3.63) is 17.5 Å². The molecule has 1 saturated carbocycles. The summed E-state index contributed by atoms with van der Waals surface area (Å²) in [5.41, 5.74) is -0.0355. The van der Waals surface area contributed by atoms with Gasteiger partial charge in [0.1, 0.15) is 0 Å². The Labute approximate surface area is 93.8 Å². The molecular weight excluding hydrogens is 208 g/mol. The molecule has 1 aromatic rings. The Kier molecular flexibility index (Phi) is 3.24. The molecule has 1 aliphatic carbocycles. The molecule has 1 fully saturated rings. The highest BCUT2D eigenvalue weighted by molar-refractivity contribution is 5.85. The van der Waals surface area contributed by atoms with Crippen molar-refractivity contribution in [1.82, 2.24) is 10.5 Å². The molecule has 0 spiro atoms. The Morgan fingerprint density at radius 2 is 2.50 bits per heavy atom. The van der Waals surface area contributed by atoms with Crippen LogP contribution >= 0.6 is 0 Å². The number of nitrogens with one attached hydrogen (secondary N) is 1. The molecule has 16 heavy (non-hydrogen) atoms. The molecule has 1 aromatic heterocycles. The molecule has 0 saturated heterocycles. The quantitative estimate of drug-likeness (QED) is 0.768. The van der Waals surface area contributed by atoms with Crippen molar-refractivity contribution in [1.29, 1.82) is 0 Å². The molecule has 0 amide bonds. The molecule has 0 bridgehead atoms. The molecule has 5 heteroatoms. The average molecular weight is 224 g/mol. The van der Waals surface area contributed by atoms with E-state index in [9.17, 15) is 4.79 Å². The predicted octanol–water partition coefficient (Wildman–Crippen LogP) is 1.65. The van der Waals surface area contributed by atoms with E-state index < -0.39 is 5.97 Å². The molecule has 1 heterocycles. The highest BCUT2D eigenvalue weighted by Gasteiger charge is 2.23. The summed E-state index contributed by atoms with van der Waals surface area (Å²) in [4.78, 5) is 10.6. The largest absolute Gasteiger partial charge is 0.476 e. The minimum atomic E-state index is -1.05. The summed E-state index contributed by atoms with van der Waals surface area (Å²) >= 11 is 0. The zero-order valence-electron chi connectivity index (χ0n) is 9.27. The van der Waals surface area contributed by atoms with E-state index in [0.29, 0.717) is 18.3 Å². The highest BCUT2D eigenvalue weighted by atomic mass is 16.5. The number of hydrogen-bond donors (Lipinski definition) is 2. The van der Waals surface area contributed by atoms with Crippen LogP contribution in [0.3, 0.4) is 0 Å². The third-order valence-electron chi connectivity index (χ3n) is 2.79. The first-order valence-corrected chi connectivity index (χ1v) is 5.57. The fraction of sp³-hybridized carbons (Fsp3) is 0.636. The molecule has 1 atom stereocenters. The van der Waals surface area contributed by atoms with E-state index in [2.05, 4.69) is 17.4 Å². The Morgan fingerprint density at radius 3 is 3.06 bits per heavy atom. The van der Waals surface area contributed by atoms with Gasteiger partial charge in [-0.05, 0) is 19.3 Å². The van der Waals surface area contributed by atoms with Gasteiger partial charge in [0, 0.05) is 12.1 Å². The van der Waals surface area contributed by atoms with Crippen molar-refractivity contribution in [2.24, 2.45) is 5.92 Å². The van der Waals surface area contributed by atoms with Crippen molar-refractivity contribution in [2.75, 3.05) is 0 Å². The lowest BCUT2D eigenvalue weighted by Crippen LogP contribution is -2.25. The zero-order valence-corrected chi connectivity index (χ0v) is 9.27. The summed E-state index contributed by atoms with van der Waals surface area (Å²) in [6.07, 6.45) is 3.87. The Bertz CT molecular complexity index is 371. The van der Waals surface area contributed by atoms with Gasteiger partial charge in [0.05, 0.1) is 6.54 Å². The second kappa shape index (κ2) is 4.65. The van der Waals surface area contributed by atoms with Gasteiger partial charge in [0.15, 0.2) is 11.5 Å². The minimum Gasteiger partial charge on any atom is -0.476 e. The van der Waals surface area contributed by atoms with Gasteiger partial charge in [0.2, 0.25) is 0 Å². The Balaban J connectivity index is 1.76. The van der Waals surface area contributed by atoms with Crippen LogP contribution < -0.4 is 5.32 Å². The first-order chi connectivity index (χ1) is 7.65. The third-order valence-corrected chi connectivity index (χ3v) is 2.79. The zero-order chi connectivity index (χ0) is 11.5. The fourth-order valence-corrected chi connectivity index (χ4v) is 1.71. The van der Waals surface area contributed by atoms with Crippen LogP contribution in [0.25, 0.3) is 0 Å². The van der Waals surface area contributed by atoms with Gasteiger partial charge in [-0.1, -0.05) is 18.0 Å². The maximum atomic E-state index is 10.6. The number of carboxylic acid groups (broad SMARTS) is 1. The molecule has 88 valence electrons. The molecule has 5 nitrogen and oxygen atoms in total. The summed E-state index contributed by atoms with van der Waals surface area (Å²) in [5.74, 6) is 0.396. The molecule has 2 rings (SSSR count). The first kappa shape index (κ1) is 11.1. The van der Waals surface area contributed by atoms with Crippen molar-refractivity contribution in [2.45, 2.75) is 38.8 Å². The maximum absolute atomic E-state index is 10.6. The summed E-state index contributed by atoms with van der Waals surface area (Å²) in [6, 6.07) is 1.89. The van der Waals surface area contributed by atoms with Crippen molar-refractivity contribution in [3.63, 3.8) is 0 Å². The van der Waals surface area contributed by atoms with Crippen LogP contribution in [0.2, 0.25) is 0 Å². The van der Waals surface area contributed by atoms with Crippen LogP contribution in [0.4, 0.5) is 0 Å². The van der Waals surface area contributed by atoms with Gasteiger partial charge in [0.25, 0.3) is 0 Å². The molecular formula is C11H16N2O3. The summed E-state index contributed by atoms with van der Waals surface area (Å²) in [6.45, 7) is 2.67. The monoisotopic (exact) mass is 224 g/mol. The fourth-order valence-electron chi connectivity index (χ4n) is 1.71. The summed E-state index contributed by atoms with van der Waals surface area (Å²) < 4.78 is 4.90. The van der Waals surface area contributed by atoms with Crippen LogP contribution in [-0.2, 0) is 6.54 Å². The van der Waals surface area contributed by atoms with Crippen LogP contribution in [-0.4, -0.2) is 22.3 Å². The van der Waals surface area contributed by atoms with Gasteiger partial charge in [-0.25, -0.2) is 4.79 Å². The Morgan fingerprint density at radius 1 is 1.75 bits per heavy atom. The lowest BCUT2D eigenvalue weighted by molar-refractivity contribution is 0.0685. The van der Waals surface area contributed by atoms with Gasteiger partial charge < -0.3 is 14.9 Å². The van der Waals surface area contributed by atoms with E-state index in [1.807, 2.05) is 0 Å². The van der Waals surface area contributed by atoms with E-state index in [4.69, 9.17) is 9.63 Å². The number of carbonyl (C=O) groups is 1. The molecule has 2 N–H and O–H groups in total. The van der Waals surface area contributed by atoms with Gasteiger partial charge in [-0.3, -0.25) is 0 Å². The molecule has 0 aromatic carbocycles. The number of rotatable bonds is 6. The summed E-state index contributed by atoms with van der Waals surface area (Å²) in [5, 5.41) is 15.4. The first-order valence-electron chi connectivity index (χ1n) is 5.57. The number of aromatic nitrogens is 1. The van der Waals surface area contributed by atoms with E-state index in [-0.39, 0.29) is 5.69 Å². The number of carboxylic acids is 1. The van der Waals surface area contributed by atoms with E-state index in [1.165, 1.54) is 25.3 Å². The molecule has 1 aliphatic rings. The average Bonchev–Trinajstić information content (AvgIpc) is 2.91. The Hall–Kier alpha value is -1.36. The maximum Gasteiger partial charge on any atom is 0.358 e. The highest BCUT2D eigenvalue weighted by Crippen LogP contribution is 2.33. The third kappa shape index (κ3) is 3.06. The van der Waals surface area contributed by atoms with Crippen molar-refractivity contribution < 1.29 is 14.4 Å². The lowest BCUT2D eigenvalue weighted by Gasteiger charge is -2.11. The number of nitrogens with zero attached hydrogens (tertiary/aromatic N) is 1. The molecule has 0 aliphatic heterocycles. The normalized spacial score (nSPS) is 17.3.